The van der Waals surface area contributed by atoms with Crippen molar-refractivity contribution in [1.29, 1.82) is 0 Å². The summed E-state index contributed by atoms with van der Waals surface area (Å²) in [7, 11) is 1.51. The summed E-state index contributed by atoms with van der Waals surface area (Å²) in [5.41, 5.74) is 0.893. The van der Waals surface area contributed by atoms with Crippen LogP contribution in [0.3, 0.4) is 0 Å². The van der Waals surface area contributed by atoms with Crippen molar-refractivity contribution in [1.82, 2.24) is 5.32 Å². The van der Waals surface area contributed by atoms with Gasteiger partial charge in [0.2, 0.25) is 0 Å². The van der Waals surface area contributed by atoms with Crippen LogP contribution in [0.1, 0.15) is 5.56 Å². The summed E-state index contributed by atoms with van der Waals surface area (Å²) in [6, 6.07) is 21.4. The van der Waals surface area contributed by atoms with Gasteiger partial charge in [0, 0.05) is 5.56 Å². The fourth-order valence-corrected chi connectivity index (χ4v) is 3.72. The summed E-state index contributed by atoms with van der Waals surface area (Å²) in [6.45, 7) is 3.88. The zero-order valence-corrected chi connectivity index (χ0v) is 19.7. The summed E-state index contributed by atoms with van der Waals surface area (Å²) in [4.78, 5) is 27.4. The minimum Gasteiger partial charge on any atom is -0.493 e. The average Bonchev–Trinajstić information content (AvgIpc) is 2.87. The molecule has 7 nitrogen and oxygen atoms in total. The molecular formula is C27H22N2O5S. The first-order valence-electron chi connectivity index (χ1n) is 10.7. The molecule has 3 aromatic carbocycles. The predicted molar refractivity (Wildman–Crippen MR) is 138 cm³/mol. The molecule has 1 aliphatic rings. The van der Waals surface area contributed by atoms with Crippen LogP contribution >= 0.6 is 12.2 Å². The lowest BCUT2D eigenvalue weighted by atomic mass is 10.1. The quantitative estimate of drug-likeness (QED) is 0.212. The van der Waals surface area contributed by atoms with Gasteiger partial charge in [0.1, 0.15) is 23.7 Å². The van der Waals surface area contributed by atoms with E-state index in [0.717, 1.165) is 0 Å². The number of hydrogen-bond acceptors (Lipinski definition) is 6. The Morgan fingerprint density at radius 3 is 2.37 bits per heavy atom. The lowest BCUT2D eigenvalue weighted by Crippen LogP contribution is -2.54. The SMILES string of the molecule is C=CCOc1c(C=C2C(=O)NC(=S)N(c3ccc(Oc4ccccc4)cc3)C2=O)cccc1OC. The third-order valence-corrected chi connectivity index (χ3v) is 5.33. The molecule has 1 saturated heterocycles. The third-order valence-electron chi connectivity index (χ3n) is 5.05. The first-order chi connectivity index (χ1) is 17.0. The number of anilines is 1. The highest BCUT2D eigenvalue weighted by atomic mass is 32.1. The molecule has 3 aromatic rings. The lowest BCUT2D eigenvalue weighted by molar-refractivity contribution is -0.122. The van der Waals surface area contributed by atoms with Crippen LogP contribution < -0.4 is 24.4 Å². The van der Waals surface area contributed by atoms with E-state index in [2.05, 4.69) is 11.9 Å². The molecule has 2 amide bonds. The van der Waals surface area contributed by atoms with Crippen molar-refractivity contribution in [2.24, 2.45) is 0 Å². The molecule has 0 saturated carbocycles. The molecule has 35 heavy (non-hydrogen) atoms. The zero-order valence-electron chi connectivity index (χ0n) is 18.9. The number of amides is 2. The van der Waals surface area contributed by atoms with Gasteiger partial charge in [-0.15, -0.1) is 0 Å². The van der Waals surface area contributed by atoms with Crippen LogP contribution in [0.4, 0.5) is 5.69 Å². The molecule has 1 aliphatic heterocycles. The second kappa shape index (κ2) is 10.7. The van der Waals surface area contributed by atoms with Gasteiger partial charge in [-0.2, -0.15) is 0 Å². The Balaban J connectivity index is 1.64. The number of para-hydroxylation sites is 2. The zero-order chi connectivity index (χ0) is 24.8. The fraction of sp³-hybridized carbons (Fsp3) is 0.0741. The van der Waals surface area contributed by atoms with Gasteiger partial charge in [0.05, 0.1) is 12.8 Å². The monoisotopic (exact) mass is 486 g/mol. The first kappa shape index (κ1) is 23.7. The molecule has 0 spiro atoms. The van der Waals surface area contributed by atoms with Crippen molar-refractivity contribution in [3.05, 3.63) is 96.6 Å². The number of nitrogens with one attached hydrogen (secondary N) is 1. The summed E-state index contributed by atoms with van der Waals surface area (Å²) in [5, 5.41) is 2.57. The fourth-order valence-electron chi connectivity index (χ4n) is 3.44. The van der Waals surface area contributed by atoms with Crippen LogP contribution in [0.15, 0.2) is 91.0 Å². The largest absolute Gasteiger partial charge is 0.493 e. The highest BCUT2D eigenvalue weighted by molar-refractivity contribution is 7.80. The van der Waals surface area contributed by atoms with Gasteiger partial charge in [0.25, 0.3) is 11.8 Å². The minimum absolute atomic E-state index is 0.0114. The standard InChI is InChI=1S/C27H22N2O5S/c1-3-16-33-24-18(8-7-11-23(24)32-2)17-22-25(30)28-27(35)29(26(22)31)19-12-14-21(15-13-19)34-20-9-5-4-6-10-20/h3-15,17H,1,16H2,2H3,(H,28,30,35). The van der Waals surface area contributed by atoms with Gasteiger partial charge in [-0.05, 0) is 60.8 Å². The highest BCUT2D eigenvalue weighted by Gasteiger charge is 2.34. The van der Waals surface area contributed by atoms with Gasteiger partial charge in [-0.3, -0.25) is 19.8 Å². The summed E-state index contributed by atoms with van der Waals surface area (Å²) >= 11 is 5.30. The Kier molecular flexibility index (Phi) is 7.23. The van der Waals surface area contributed by atoms with Gasteiger partial charge in [0.15, 0.2) is 16.6 Å². The number of rotatable bonds is 8. The normalized spacial score (nSPS) is 14.5. The highest BCUT2D eigenvalue weighted by Crippen LogP contribution is 2.34. The number of ether oxygens (including phenoxy) is 3. The van der Waals surface area contributed by atoms with Crippen LogP contribution in [0.5, 0.6) is 23.0 Å². The first-order valence-corrected chi connectivity index (χ1v) is 11.1. The molecule has 0 aromatic heterocycles. The molecule has 0 radical (unpaired) electrons. The van der Waals surface area contributed by atoms with Crippen molar-refractivity contribution >= 4 is 40.9 Å². The molecule has 1 N–H and O–H groups in total. The van der Waals surface area contributed by atoms with Gasteiger partial charge in [-0.25, -0.2) is 0 Å². The maximum atomic E-state index is 13.4. The number of hydrogen-bond donors (Lipinski definition) is 1. The van der Waals surface area contributed by atoms with Gasteiger partial charge in [-0.1, -0.05) is 43.0 Å². The van der Waals surface area contributed by atoms with Crippen LogP contribution in [0, 0.1) is 0 Å². The molecule has 8 heteroatoms. The topological polar surface area (TPSA) is 77.1 Å². The van der Waals surface area contributed by atoms with E-state index in [1.54, 1.807) is 48.5 Å². The number of thiocarbonyl (C=S) groups is 1. The second-order valence-corrected chi connectivity index (χ2v) is 7.73. The summed E-state index contributed by atoms with van der Waals surface area (Å²) in [6.07, 6.45) is 3.05. The Bertz CT molecular complexity index is 1300. The van der Waals surface area contributed by atoms with Crippen LogP contribution in [0.25, 0.3) is 6.08 Å². The van der Waals surface area contributed by atoms with Crippen molar-refractivity contribution in [2.45, 2.75) is 0 Å². The van der Waals surface area contributed by atoms with E-state index in [4.69, 9.17) is 26.4 Å². The molecule has 0 aliphatic carbocycles. The number of benzene rings is 3. The Morgan fingerprint density at radius 1 is 0.971 bits per heavy atom. The summed E-state index contributed by atoms with van der Waals surface area (Å²) < 4.78 is 16.9. The minimum atomic E-state index is -0.599. The Labute approximate surface area is 208 Å². The Morgan fingerprint density at radius 2 is 1.69 bits per heavy atom. The van der Waals surface area contributed by atoms with Crippen molar-refractivity contribution in [3.8, 4) is 23.0 Å². The maximum absolute atomic E-state index is 13.4. The lowest BCUT2D eigenvalue weighted by Gasteiger charge is -2.29. The molecule has 0 unspecified atom stereocenters. The van der Waals surface area contributed by atoms with Crippen LogP contribution in [-0.2, 0) is 9.59 Å². The van der Waals surface area contributed by atoms with E-state index in [0.29, 0.717) is 34.2 Å². The smallest absolute Gasteiger partial charge is 0.270 e. The molecule has 1 fully saturated rings. The third kappa shape index (κ3) is 5.23. The number of methoxy groups -OCH3 is 1. The number of carbonyl (C=O) groups excluding carboxylic acids is 2. The molecule has 4 rings (SSSR count). The van der Waals surface area contributed by atoms with Crippen molar-refractivity contribution in [2.75, 3.05) is 18.6 Å². The molecule has 0 atom stereocenters. The predicted octanol–water partition coefficient (Wildman–Crippen LogP) is 4.88. The molecule has 1 heterocycles. The maximum Gasteiger partial charge on any atom is 0.270 e. The summed E-state index contributed by atoms with van der Waals surface area (Å²) in [5.74, 6) is 0.979. The van der Waals surface area contributed by atoms with Crippen LogP contribution in [0.2, 0.25) is 0 Å². The van der Waals surface area contributed by atoms with Crippen LogP contribution in [-0.4, -0.2) is 30.6 Å². The van der Waals surface area contributed by atoms with Crippen molar-refractivity contribution < 1.29 is 23.8 Å². The molecule has 176 valence electrons. The van der Waals surface area contributed by atoms with Gasteiger partial charge >= 0.3 is 0 Å². The van der Waals surface area contributed by atoms with E-state index in [9.17, 15) is 9.59 Å². The molecular weight excluding hydrogens is 464 g/mol. The number of carbonyl (C=O) groups is 2. The van der Waals surface area contributed by atoms with Crippen molar-refractivity contribution in [3.63, 3.8) is 0 Å². The Hall–Kier alpha value is -4.43. The van der Waals surface area contributed by atoms with E-state index in [1.165, 1.54) is 18.1 Å². The number of nitrogens with zero attached hydrogens (tertiary/aromatic N) is 1. The van der Waals surface area contributed by atoms with E-state index in [1.807, 2.05) is 30.3 Å². The van der Waals surface area contributed by atoms with Gasteiger partial charge < -0.3 is 14.2 Å². The average molecular weight is 487 g/mol. The second-order valence-electron chi connectivity index (χ2n) is 7.35. The van der Waals surface area contributed by atoms with E-state index < -0.39 is 11.8 Å². The van der Waals surface area contributed by atoms with E-state index >= 15 is 0 Å². The van der Waals surface area contributed by atoms with E-state index in [-0.39, 0.29) is 17.3 Å². The molecule has 0 bridgehead atoms.